The highest BCUT2D eigenvalue weighted by Gasteiger charge is 2.35. The van der Waals surface area contributed by atoms with Crippen LogP contribution in [0.25, 0.3) is 0 Å². The number of hydrogen-bond acceptors (Lipinski definition) is 3. The largest absolute Gasteiger partial charge is 0.482 e. The molecule has 4 heteroatoms. The second-order valence-electron chi connectivity index (χ2n) is 5.26. The van der Waals surface area contributed by atoms with Gasteiger partial charge in [0.2, 0.25) is 0 Å². The highest BCUT2D eigenvalue weighted by molar-refractivity contribution is 5.45. The van der Waals surface area contributed by atoms with Gasteiger partial charge >= 0.3 is 0 Å². The third-order valence-corrected chi connectivity index (χ3v) is 3.65. The van der Waals surface area contributed by atoms with Crippen molar-refractivity contribution in [2.45, 2.75) is 25.9 Å². The molecular weight excluding hydrogens is 255 g/mol. The van der Waals surface area contributed by atoms with Crippen molar-refractivity contribution in [1.29, 1.82) is 0 Å². The van der Waals surface area contributed by atoms with Crippen LogP contribution in [-0.4, -0.2) is 4.98 Å². The summed E-state index contributed by atoms with van der Waals surface area (Å²) in [7, 11) is 0. The van der Waals surface area contributed by atoms with Crippen LogP contribution < -0.4 is 10.5 Å². The Morgan fingerprint density at radius 1 is 1.35 bits per heavy atom. The number of aromatic nitrogens is 1. The van der Waals surface area contributed by atoms with Crippen molar-refractivity contribution in [3.63, 3.8) is 0 Å². The molecule has 2 aromatic rings. The van der Waals surface area contributed by atoms with Crippen molar-refractivity contribution < 1.29 is 9.13 Å². The van der Waals surface area contributed by atoms with Crippen molar-refractivity contribution in [1.82, 2.24) is 4.98 Å². The van der Waals surface area contributed by atoms with Crippen molar-refractivity contribution in [3.05, 3.63) is 53.5 Å². The van der Waals surface area contributed by atoms with Gasteiger partial charge in [0.25, 0.3) is 0 Å². The zero-order chi connectivity index (χ0) is 14.1. The summed E-state index contributed by atoms with van der Waals surface area (Å²) in [4.78, 5) is 4.02. The average Bonchev–Trinajstić information content (AvgIpc) is 3.25. The Kier molecular flexibility index (Phi) is 3.30. The normalized spacial score (nSPS) is 15.9. The second-order valence-corrected chi connectivity index (χ2v) is 5.26. The smallest absolute Gasteiger partial charge is 0.166 e. The number of hydrogen-bond donors (Lipinski definition) is 1. The molecule has 2 N–H and O–H groups in total. The fourth-order valence-corrected chi connectivity index (χ4v) is 2.37. The van der Waals surface area contributed by atoms with Crippen LogP contribution in [0.15, 0.2) is 36.5 Å². The predicted molar refractivity (Wildman–Crippen MR) is 75.9 cm³/mol. The van der Waals surface area contributed by atoms with Gasteiger partial charge in [-0.3, -0.25) is 0 Å². The molecule has 0 spiro atoms. The van der Waals surface area contributed by atoms with Crippen molar-refractivity contribution >= 4 is 5.82 Å². The molecule has 3 rings (SSSR count). The molecule has 1 atom stereocenters. The summed E-state index contributed by atoms with van der Waals surface area (Å²) >= 11 is 0. The number of nitrogens with two attached hydrogens (primary N) is 1. The summed E-state index contributed by atoms with van der Waals surface area (Å²) in [6.07, 6.45) is 3.67. The Bertz CT molecular complexity index is 626. The molecule has 1 saturated carbocycles. The van der Waals surface area contributed by atoms with Gasteiger partial charge in [0.15, 0.2) is 11.6 Å². The first-order valence-corrected chi connectivity index (χ1v) is 6.78. The average molecular weight is 272 g/mol. The molecule has 1 fully saturated rings. The molecule has 3 nitrogen and oxygen atoms in total. The van der Waals surface area contributed by atoms with E-state index in [0.29, 0.717) is 17.5 Å². The van der Waals surface area contributed by atoms with E-state index in [1.807, 2.05) is 6.92 Å². The van der Waals surface area contributed by atoms with Crippen molar-refractivity contribution in [3.8, 4) is 5.75 Å². The number of nitrogen functional groups attached to an aromatic ring is 1. The lowest BCUT2D eigenvalue weighted by atomic mass is 10.00. The Balaban J connectivity index is 1.94. The summed E-state index contributed by atoms with van der Waals surface area (Å²) in [6.45, 7) is 1.97. The number of rotatable bonds is 4. The van der Waals surface area contributed by atoms with E-state index in [9.17, 15) is 4.39 Å². The second kappa shape index (κ2) is 5.12. The van der Waals surface area contributed by atoms with E-state index in [1.54, 1.807) is 30.5 Å². The van der Waals surface area contributed by atoms with Gasteiger partial charge in [0, 0.05) is 12.1 Å². The lowest BCUT2D eigenvalue weighted by molar-refractivity contribution is 0.181. The van der Waals surface area contributed by atoms with Gasteiger partial charge in [-0.1, -0.05) is 6.07 Å². The molecule has 1 aromatic carbocycles. The van der Waals surface area contributed by atoms with Crippen LogP contribution in [-0.2, 0) is 0 Å². The van der Waals surface area contributed by atoms with E-state index < -0.39 is 0 Å². The summed E-state index contributed by atoms with van der Waals surface area (Å²) in [5.74, 6) is 1.12. The monoisotopic (exact) mass is 272 g/mol. The number of benzene rings is 1. The lowest BCUT2D eigenvalue weighted by Gasteiger charge is -2.21. The van der Waals surface area contributed by atoms with Crippen LogP contribution in [0.2, 0.25) is 0 Å². The van der Waals surface area contributed by atoms with E-state index in [0.717, 1.165) is 24.0 Å². The molecule has 0 saturated heterocycles. The van der Waals surface area contributed by atoms with Crippen molar-refractivity contribution in [2.75, 3.05) is 5.73 Å². The van der Waals surface area contributed by atoms with Crippen LogP contribution in [0.4, 0.5) is 10.2 Å². The first kappa shape index (κ1) is 12.9. The van der Waals surface area contributed by atoms with E-state index in [4.69, 9.17) is 10.5 Å². The van der Waals surface area contributed by atoms with Crippen LogP contribution in [0.1, 0.15) is 30.1 Å². The van der Waals surface area contributed by atoms with Gasteiger partial charge in [0.05, 0.1) is 0 Å². The quantitative estimate of drug-likeness (QED) is 0.924. The Morgan fingerprint density at radius 2 is 2.15 bits per heavy atom. The maximum atomic E-state index is 13.5. The maximum Gasteiger partial charge on any atom is 0.166 e. The van der Waals surface area contributed by atoms with Gasteiger partial charge in [-0.05, 0) is 55.2 Å². The molecule has 1 aliphatic carbocycles. The van der Waals surface area contributed by atoms with Crippen LogP contribution in [0, 0.1) is 18.7 Å². The van der Waals surface area contributed by atoms with Gasteiger partial charge in [-0.2, -0.15) is 0 Å². The number of anilines is 1. The number of ether oxygens (including phenoxy) is 1. The number of pyridine rings is 1. The van der Waals surface area contributed by atoms with Crippen LogP contribution >= 0.6 is 0 Å². The zero-order valence-corrected chi connectivity index (χ0v) is 11.3. The standard InChI is InChI=1S/C16H17FN2O/c1-10-4-7-12(17)9-13(10)15(11-5-6-11)20-14-3-2-8-19-16(14)18/h2-4,7-9,11,15H,5-6H2,1H3,(H2,18,19). The number of nitrogens with zero attached hydrogens (tertiary/aromatic N) is 1. The van der Waals surface area contributed by atoms with Crippen LogP contribution in [0.3, 0.4) is 0 Å². The van der Waals surface area contributed by atoms with E-state index in [-0.39, 0.29) is 11.9 Å². The summed E-state index contributed by atoms with van der Waals surface area (Å²) < 4.78 is 19.6. The zero-order valence-electron chi connectivity index (χ0n) is 11.3. The van der Waals surface area contributed by atoms with E-state index in [1.165, 1.54) is 6.07 Å². The highest BCUT2D eigenvalue weighted by atomic mass is 19.1. The topological polar surface area (TPSA) is 48.1 Å². The Morgan fingerprint density at radius 3 is 2.85 bits per heavy atom. The molecule has 0 amide bonds. The fourth-order valence-electron chi connectivity index (χ4n) is 2.37. The Labute approximate surface area is 117 Å². The van der Waals surface area contributed by atoms with E-state index >= 15 is 0 Å². The number of aryl methyl sites for hydroxylation is 1. The minimum absolute atomic E-state index is 0.155. The third-order valence-electron chi connectivity index (χ3n) is 3.65. The van der Waals surface area contributed by atoms with Gasteiger partial charge in [-0.25, -0.2) is 9.37 Å². The van der Waals surface area contributed by atoms with Gasteiger partial charge in [-0.15, -0.1) is 0 Å². The third kappa shape index (κ3) is 2.59. The summed E-state index contributed by atoms with van der Waals surface area (Å²) in [6, 6.07) is 8.41. The molecule has 1 unspecified atom stereocenters. The summed E-state index contributed by atoms with van der Waals surface area (Å²) in [5, 5.41) is 0. The van der Waals surface area contributed by atoms with Crippen molar-refractivity contribution in [2.24, 2.45) is 5.92 Å². The molecule has 1 aliphatic rings. The molecule has 20 heavy (non-hydrogen) atoms. The minimum Gasteiger partial charge on any atom is -0.482 e. The summed E-state index contributed by atoms with van der Waals surface area (Å²) in [5.41, 5.74) is 7.76. The fraction of sp³-hybridized carbons (Fsp3) is 0.312. The molecule has 0 radical (unpaired) electrons. The lowest BCUT2D eigenvalue weighted by Crippen LogP contribution is -2.13. The highest BCUT2D eigenvalue weighted by Crippen LogP contribution is 2.45. The number of halogens is 1. The van der Waals surface area contributed by atoms with Crippen LogP contribution in [0.5, 0.6) is 5.75 Å². The molecule has 104 valence electrons. The molecular formula is C16H17FN2O. The molecule has 1 aromatic heterocycles. The SMILES string of the molecule is Cc1ccc(F)cc1C(Oc1cccnc1N)C1CC1. The van der Waals surface area contributed by atoms with E-state index in [2.05, 4.69) is 4.98 Å². The minimum atomic E-state index is -0.237. The Hall–Kier alpha value is -2.10. The van der Waals surface area contributed by atoms with Gasteiger partial charge in [0.1, 0.15) is 11.9 Å². The first-order valence-electron chi connectivity index (χ1n) is 6.78. The predicted octanol–water partition coefficient (Wildman–Crippen LogP) is 3.64. The molecule has 1 heterocycles. The first-order chi connectivity index (χ1) is 9.65. The molecule has 0 bridgehead atoms. The molecule has 0 aliphatic heterocycles. The van der Waals surface area contributed by atoms with Gasteiger partial charge < -0.3 is 10.5 Å². The maximum absolute atomic E-state index is 13.5.